The third kappa shape index (κ3) is 3.31. The molecule has 0 saturated carbocycles. The highest BCUT2D eigenvalue weighted by Gasteiger charge is 2.26. The van der Waals surface area contributed by atoms with E-state index in [-0.39, 0.29) is 5.91 Å². The van der Waals surface area contributed by atoms with Gasteiger partial charge in [-0.3, -0.25) is 4.79 Å². The summed E-state index contributed by atoms with van der Waals surface area (Å²) < 4.78 is 0. The van der Waals surface area contributed by atoms with E-state index in [2.05, 4.69) is 18.7 Å². The first kappa shape index (κ1) is 14.9. The molecule has 1 amide bonds. The number of nitrogens with zero attached hydrogens (tertiary/aromatic N) is 2. The maximum Gasteiger partial charge on any atom is 0.253 e. The Morgan fingerprint density at radius 2 is 2.00 bits per heavy atom. The summed E-state index contributed by atoms with van der Waals surface area (Å²) in [5, 5.41) is 0. The smallest absolute Gasteiger partial charge is 0.253 e. The summed E-state index contributed by atoms with van der Waals surface area (Å²) in [6.07, 6.45) is 2.09. The monoisotopic (exact) mass is 275 g/mol. The van der Waals surface area contributed by atoms with Crippen LogP contribution < -0.4 is 5.73 Å². The van der Waals surface area contributed by atoms with Crippen molar-refractivity contribution in [1.82, 2.24) is 9.80 Å². The lowest BCUT2D eigenvalue weighted by molar-refractivity contribution is 0.0615. The molecular formula is C16H25N3O. The second kappa shape index (κ2) is 6.27. The van der Waals surface area contributed by atoms with Crippen molar-refractivity contribution in [3.63, 3.8) is 0 Å². The van der Waals surface area contributed by atoms with Crippen molar-refractivity contribution in [3.8, 4) is 0 Å². The van der Waals surface area contributed by atoms with Crippen LogP contribution in [0.2, 0.25) is 0 Å². The number of nitrogen functional groups attached to an aromatic ring is 1. The van der Waals surface area contributed by atoms with Crippen LogP contribution in [0.25, 0.3) is 0 Å². The topological polar surface area (TPSA) is 49.6 Å². The number of carbonyl (C=O) groups excluding carboxylic acids is 1. The van der Waals surface area contributed by atoms with Crippen LogP contribution in [-0.4, -0.2) is 47.9 Å². The number of benzene rings is 1. The molecule has 0 unspecified atom stereocenters. The molecule has 4 nitrogen and oxygen atoms in total. The number of hydrogen-bond donors (Lipinski definition) is 1. The van der Waals surface area contributed by atoms with Gasteiger partial charge in [-0.25, -0.2) is 0 Å². The van der Waals surface area contributed by atoms with Crippen LogP contribution in [0.3, 0.4) is 0 Å². The molecule has 1 aromatic rings. The number of likely N-dealkylation sites (tertiary alicyclic amines) is 1. The fourth-order valence-electron chi connectivity index (χ4n) is 2.83. The Morgan fingerprint density at radius 3 is 2.55 bits per heavy atom. The molecule has 0 aromatic heterocycles. The summed E-state index contributed by atoms with van der Waals surface area (Å²) in [6, 6.07) is 8.14. The Kier molecular flexibility index (Phi) is 4.65. The van der Waals surface area contributed by atoms with Crippen molar-refractivity contribution in [2.45, 2.75) is 38.8 Å². The summed E-state index contributed by atoms with van der Waals surface area (Å²) in [4.78, 5) is 16.8. The molecule has 1 saturated heterocycles. The summed E-state index contributed by atoms with van der Waals surface area (Å²) in [6.45, 7) is 6.58. The number of hydrogen-bond acceptors (Lipinski definition) is 3. The van der Waals surface area contributed by atoms with Crippen molar-refractivity contribution in [2.24, 2.45) is 0 Å². The van der Waals surface area contributed by atoms with Crippen LogP contribution in [0.1, 0.15) is 37.0 Å². The zero-order valence-electron chi connectivity index (χ0n) is 12.7. The van der Waals surface area contributed by atoms with Crippen LogP contribution in [0.15, 0.2) is 24.3 Å². The molecule has 0 atom stereocenters. The van der Waals surface area contributed by atoms with E-state index >= 15 is 0 Å². The number of carbonyl (C=O) groups is 1. The Bertz CT molecular complexity index is 465. The standard InChI is InChI=1S/C16H25N3O/c1-12(2)19-9-7-15(8-10-19)18(3)16(20)13-5-4-6-14(17)11-13/h4-6,11-12,15H,7-10,17H2,1-3H3. The van der Waals surface area contributed by atoms with Gasteiger partial charge in [0.1, 0.15) is 0 Å². The molecule has 0 aliphatic carbocycles. The van der Waals surface area contributed by atoms with Crippen LogP contribution in [0.5, 0.6) is 0 Å². The van der Waals surface area contributed by atoms with Crippen molar-refractivity contribution in [1.29, 1.82) is 0 Å². The molecule has 1 heterocycles. The highest BCUT2D eigenvalue weighted by atomic mass is 16.2. The van der Waals surface area contributed by atoms with E-state index in [1.54, 1.807) is 12.1 Å². The molecule has 110 valence electrons. The quantitative estimate of drug-likeness (QED) is 0.861. The molecule has 2 N–H and O–H groups in total. The Morgan fingerprint density at radius 1 is 1.35 bits per heavy atom. The van der Waals surface area contributed by atoms with Gasteiger partial charge < -0.3 is 15.5 Å². The molecule has 1 aliphatic rings. The van der Waals surface area contributed by atoms with Crippen LogP contribution >= 0.6 is 0 Å². The van der Waals surface area contributed by atoms with Gasteiger partial charge in [-0.15, -0.1) is 0 Å². The summed E-state index contributed by atoms with van der Waals surface area (Å²) in [5.74, 6) is 0.0697. The van der Waals surface area contributed by atoms with Gasteiger partial charge in [0, 0.05) is 43.5 Å². The maximum absolute atomic E-state index is 12.5. The first-order valence-electron chi connectivity index (χ1n) is 7.36. The number of anilines is 1. The summed E-state index contributed by atoms with van der Waals surface area (Å²) in [5.41, 5.74) is 7.07. The maximum atomic E-state index is 12.5. The molecule has 0 bridgehead atoms. The van der Waals surface area contributed by atoms with Gasteiger partial charge in [-0.05, 0) is 44.9 Å². The average molecular weight is 275 g/mol. The van der Waals surface area contributed by atoms with Gasteiger partial charge in [-0.2, -0.15) is 0 Å². The van der Waals surface area contributed by atoms with E-state index in [0.717, 1.165) is 25.9 Å². The lowest BCUT2D eigenvalue weighted by Crippen LogP contribution is -2.47. The number of rotatable bonds is 3. The van der Waals surface area contributed by atoms with Crippen molar-refractivity contribution in [3.05, 3.63) is 29.8 Å². The van der Waals surface area contributed by atoms with Crippen LogP contribution in [0, 0.1) is 0 Å². The average Bonchev–Trinajstić information content (AvgIpc) is 2.46. The lowest BCUT2D eigenvalue weighted by Gasteiger charge is -2.38. The van der Waals surface area contributed by atoms with E-state index in [1.165, 1.54) is 0 Å². The normalized spacial score (nSPS) is 17.4. The Hall–Kier alpha value is -1.55. The van der Waals surface area contributed by atoms with Gasteiger partial charge >= 0.3 is 0 Å². The van der Waals surface area contributed by atoms with E-state index in [9.17, 15) is 4.79 Å². The molecular weight excluding hydrogens is 250 g/mol. The second-order valence-corrected chi connectivity index (χ2v) is 5.90. The van der Waals surface area contributed by atoms with E-state index in [1.807, 2.05) is 24.1 Å². The second-order valence-electron chi connectivity index (χ2n) is 5.90. The molecule has 20 heavy (non-hydrogen) atoms. The largest absolute Gasteiger partial charge is 0.399 e. The van der Waals surface area contributed by atoms with E-state index < -0.39 is 0 Å². The lowest BCUT2D eigenvalue weighted by atomic mass is 10.0. The van der Waals surface area contributed by atoms with Gasteiger partial charge in [0.25, 0.3) is 5.91 Å². The summed E-state index contributed by atoms with van der Waals surface area (Å²) >= 11 is 0. The minimum absolute atomic E-state index is 0.0697. The van der Waals surface area contributed by atoms with Crippen molar-refractivity contribution >= 4 is 11.6 Å². The number of piperidine rings is 1. The molecule has 2 rings (SSSR count). The molecule has 0 spiro atoms. The van der Waals surface area contributed by atoms with Crippen molar-refractivity contribution in [2.75, 3.05) is 25.9 Å². The first-order chi connectivity index (χ1) is 9.49. The number of nitrogens with two attached hydrogens (primary N) is 1. The van der Waals surface area contributed by atoms with E-state index in [4.69, 9.17) is 5.73 Å². The zero-order chi connectivity index (χ0) is 14.7. The predicted octanol–water partition coefficient (Wildman–Crippen LogP) is 2.21. The summed E-state index contributed by atoms with van der Waals surface area (Å²) in [7, 11) is 1.90. The molecule has 1 aliphatic heterocycles. The molecule has 1 aromatic carbocycles. The zero-order valence-corrected chi connectivity index (χ0v) is 12.7. The first-order valence-corrected chi connectivity index (χ1v) is 7.36. The fourth-order valence-corrected chi connectivity index (χ4v) is 2.83. The van der Waals surface area contributed by atoms with E-state index in [0.29, 0.717) is 23.3 Å². The van der Waals surface area contributed by atoms with Gasteiger partial charge in [0.2, 0.25) is 0 Å². The Balaban J connectivity index is 1.98. The van der Waals surface area contributed by atoms with Gasteiger partial charge in [-0.1, -0.05) is 6.07 Å². The molecule has 1 fully saturated rings. The SMILES string of the molecule is CC(C)N1CCC(N(C)C(=O)c2cccc(N)c2)CC1. The molecule has 0 radical (unpaired) electrons. The van der Waals surface area contributed by atoms with Crippen LogP contribution in [0.4, 0.5) is 5.69 Å². The minimum atomic E-state index is 0.0697. The van der Waals surface area contributed by atoms with Crippen LogP contribution in [-0.2, 0) is 0 Å². The minimum Gasteiger partial charge on any atom is -0.399 e. The van der Waals surface area contributed by atoms with Gasteiger partial charge in [0.15, 0.2) is 0 Å². The fraction of sp³-hybridized carbons (Fsp3) is 0.562. The third-order valence-corrected chi connectivity index (χ3v) is 4.23. The third-order valence-electron chi connectivity index (χ3n) is 4.23. The highest BCUT2D eigenvalue weighted by molar-refractivity contribution is 5.95. The van der Waals surface area contributed by atoms with Crippen molar-refractivity contribution < 1.29 is 4.79 Å². The number of amides is 1. The van der Waals surface area contributed by atoms with Gasteiger partial charge in [0.05, 0.1) is 0 Å². The highest BCUT2D eigenvalue weighted by Crippen LogP contribution is 2.19. The predicted molar refractivity (Wildman–Crippen MR) is 82.7 cm³/mol. The Labute approximate surface area is 121 Å². The molecule has 4 heteroatoms.